The van der Waals surface area contributed by atoms with E-state index in [-0.39, 0.29) is 11.8 Å². The minimum absolute atomic E-state index is 0.0501. The van der Waals surface area contributed by atoms with Crippen molar-refractivity contribution in [1.29, 1.82) is 0 Å². The number of sulfonamides is 1. The maximum atomic E-state index is 12.7. The second-order valence-corrected chi connectivity index (χ2v) is 8.47. The molecule has 3 rings (SSSR count). The smallest absolute Gasteiger partial charge is 0.218 e. The molecule has 0 aliphatic carbocycles. The molecule has 8 heteroatoms. The number of methoxy groups -OCH3 is 1. The lowest BCUT2D eigenvalue weighted by Gasteiger charge is -2.31. The van der Waals surface area contributed by atoms with Crippen molar-refractivity contribution in [2.24, 2.45) is 0 Å². The molecule has 0 spiro atoms. The molecular formula is C18H24N4O3S. The first-order valence-corrected chi connectivity index (χ1v) is 10.2. The van der Waals surface area contributed by atoms with Crippen LogP contribution in [-0.4, -0.2) is 48.9 Å². The monoisotopic (exact) mass is 376 g/mol. The average molecular weight is 376 g/mol. The first kappa shape index (κ1) is 18.6. The summed E-state index contributed by atoms with van der Waals surface area (Å²) >= 11 is 0. The summed E-state index contributed by atoms with van der Waals surface area (Å²) in [5.74, 6) is 1.24. The largest absolute Gasteiger partial charge is 0.481 e. The summed E-state index contributed by atoms with van der Waals surface area (Å²) in [6, 6.07) is 9.56. The maximum absolute atomic E-state index is 12.7. The number of hydrogen-bond donors (Lipinski definition) is 1. The average Bonchev–Trinajstić information content (AvgIpc) is 2.64. The van der Waals surface area contributed by atoms with Gasteiger partial charge in [0.2, 0.25) is 15.9 Å². The molecule has 2 aromatic rings. The van der Waals surface area contributed by atoms with Crippen molar-refractivity contribution in [2.75, 3.05) is 25.5 Å². The molecule has 1 aromatic carbocycles. The van der Waals surface area contributed by atoms with Gasteiger partial charge in [-0.2, -0.15) is 0 Å². The number of hydrogen-bond acceptors (Lipinski definition) is 6. The van der Waals surface area contributed by atoms with Crippen LogP contribution >= 0.6 is 0 Å². The Morgan fingerprint density at radius 1 is 1.19 bits per heavy atom. The summed E-state index contributed by atoms with van der Waals surface area (Å²) in [5.41, 5.74) is 1.95. The van der Waals surface area contributed by atoms with Crippen LogP contribution in [0.3, 0.4) is 0 Å². The van der Waals surface area contributed by atoms with Crippen molar-refractivity contribution in [3.8, 4) is 5.88 Å². The molecule has 1 saturated heterocycles. The molecule has 2 heterocycles. The van der Waals surface area contributed by atoms with Gasteiger partial charge in [0.15, 0.2) is 0 Å². The normalized spacial score (nSPS) is 16.4. The molecule has 140 valence electrons. The fourth-order valence-electron chi connectivity index (χ4n) is 3.00. The fourth-order valence-corrected chi connectivity index (χ4v) is 4.57. The Labute approximate surface area is 154 Å². The number of aryl methyl sites for hydroxylation is 1. The van der Waals surface area contributed by atoms with Gasteiger partial charge in [0.05, 0.1) is 12.9 Å². The predicted octanol–water partition coefficient (Wildman–Crippen LogP) is 2.20. The first-order chi connectivity index (χ1) is 12.5. The molecule has 0 atom stereocenters. The molecule has 7 nitrogen and oxygen atoms in total. The molecule has 0 bridgehead atoms. The zero-order chi connectivity index (χ0) is 18.6. The predicted molar refractivity (Wildman–Crippen MR) is 101 cm³/mol. The number of benzene rings is 1. The van der Waals surface area contributed by atoms with Crippen LogP contribution in [0.25, 0.3) is 0 Å². The third kappa shape index (κ3) is 4.70. The molecule has 1 aliphatic rings. The number of piperidine rings is 1. The molecule has 1 aromatic heterocycles. The van der Waals surface area contributed by atoms with Crippen LogP contribution in [0, 0.1) is 6.92 Å². The molecule has 1 fully saturated rings. The van der Waals surface area contributed by atoms with Gasteiger partial charge in [0.1, 0.15) is 12.1 Å². The highest BCUT2D eigenvalue weighted by atomic mass is 32.2. The Hall–Kier alpha value is -2.19. The van der Waals surface area contributed by atoms with Crippen LogP contribution in [0.15, 0.2) is 36.7 Å². The molecule has 1 N–H and O–H groups in total. The third-order valence-electron chi connectivity index (χ3n) is 4.52. The van der Waals surface area contributed by atoms with Gasteiger partial charge in [0, 0.05) is 25.2 Å². The summed E-state index contributed by atoms with van der Waals surface area (Å²) in [5, 5.41) is 3.33. The molecule has 26 heavy (non-hydrogen) atoms. The van der Waals surface area contributed by atoms with E-state index >= 15 is 0 Å². The van der Waals surface area contributed by atoms with Gasteiger partial charge in [-0.3, -0.25) is 0 Å². The van der Waals surface area contributed by atoms with Gasteiger partial charge in [-0.15, -0.1) is 0 Å². The first-order valence-electron chi connectivity index (χ1n) is 8.62. The van der Waals surface area contributed by atoms with E-state index in [1.807, 2.05) is 31.2 Å². The van der Waals surface area contributed by atoms with Crippen molar-refractivity contribution in [3.63, 3.8) is 0 Å². The maximum Gasteiger partial charge on any atom is 0.218 e. The highest BCUT2D eigenvalue weighted by Gasteiger charge is 2.28. The number of nitrogens with one attached hydrogen (secondary N) is 1. The Bertz CT molecular complexity index is 832. The number of rotatable bonds is 6. The van der Waals surface area contributed by atoms with Crippen molar-refractivity contribution in [3.05, 3.63) is 47.8 Å². The fraction of sp³-hybridized carbons (Fsp3) is 0.444. The summed E-state index contributed by atoms with van der Waals surface area (Å²) in [6.07, 6.45) is 2.92. The van der Waals surface area contributed by atoms with Crippen molar-refractivity contribution in [2.45, 2.75) is 31.6 Å². The van der Waals surface area contributed by atoms with E-state index in [0.717, 1.165) is 24.0 Å². The van der Waals surface area contributed by atoms with Gasteiger partial charge >= 0.3 is 0 Å². The summed E-state index contributed by atoms with van der Waals surface area (Å²) in [7, 11) is -1.74. The highest BCUT2D eigenvalue weighted by Crippen LogP contribution is 2.21. The van der Waals surface area contributed by atoms with Crippen LogP contribution in [0.5, 0.6) is 5.88 Å². The summed E-state index contributed by atoms with van der Waals surface area (Å²) in [6.45, 7) is 3.01. The highest BCUT2D eigenvalue weighted by molar-refractivity contribution is 7.88. The standard InChI is InChI=1S/C18H24N4O3S/c1-14-3-5-15(6-4-14)12-26(23,24)22-9-7-16(8-10-22)21-17-11-18(25-2)20-13-19-17/h3-6,11,13,16H,7-10,12H2,1-2H3,(H,19,20,21). The quantitative estimate of drug-likeness (QED) is 0.832. The van der Waals surface area contributed by atoms with Crippen LogP contribution in [0.2, 0.25) is 0 Å². The minimum atomic E-state index is -3.30. The van der Waals surface area contributed by atoms with E-state index in [1.165, 1.54) is 6.33 Å². The van der Waals surface area contributed by atoms with Crippen LogP contribution < -0.4 is 10.1 Å². The molecular weight excluding hydrogens is 352 g/mol. The number of anilines is 1. The van der Waals surface area contributed by atoms with Crippen molar-refractivity contribution in [1.82, 2.24) is 14.3 Å². The lowest BCUT2D eigenvalue weighted by atomic mass is 10.1. The van der Waals surface area contributed by atoms with Gasteiger partial charge in [0.25, 0.3) is 0 Å². The zero-order valence-electron chi connectivity index (χ0n) is 15.1. The Kier molecular flexibility index (Phi) is 5.73. The number of ether oxygens (including phenoxy) is 1. The number of aromatic nitrogens is 2. The molecule has 1 aliphatic heterocycles. The lowest BCUT2D eigenvalue weighted by molar-refractivity contribution is 0.329. The van der Waals surface area contributed by atoms with Crippen molar-refractivity contribution < 1.29 is 13.2 Å². The van der Waals surface area contributed by atoms with E-state index < -0.39 is 10.0 Å². The van der Waals surface area contributed by atoms with E-state index in [0.29, 0.717) is 24.8 Å². The lowest BCUT2D eigenvalue weighted by Crippen LogP contribution is -2.42. The third-order valence-corrected chi connectivity index (χ3v) is 6.37. The zero-order valence-corrected chi connectivity index (χ0v) is 15.9. The Morgan fingerprint density at radius 3 is 2.54 bits per heavy atom. The van der Waals surface area contributed by atoms with Gasteiger partial charge in [-0.1, -0.05) is 29.8 Å². The molecule has 0 radical (unpaired) electrons. The van der Waals surface area contributed by atoms with E-state index in [9.17, 15) is 8.42 Å². The minimum Gasteiger partial charge on any atom is -0.481 e. The van der Waals surface area contributed by atoms with Crippen LogP contribution in [0.4, 0.5) is 5.82 Å². The molecule has 0 saturated carbocycles. The van der Waals surface area contributed by atoms with E-state index in [1.54, 1.807) is 17.5 Å². The van der Waals surface area contributed by atoms with E-state index in [2.05, 4.69) is 15.3 Å². The van der Waals surface area contributed by atoms with Crippen molar-refractivity contribution >= 4 is 15.8 Å². The summed E-state index contributed by atoms with van der Waals surface area (Å²) < 4.78 is 32.0. The second kappa shape index (κ2) is 8.01. The Morgan fingerprint density at radius 2 is 1.88 bits per heavy atom. The van der Waals surface area contributed by atoms with Crippen LogP contribution in [-0.2, 0) is 15.8 Å². The second-order valence-electron chi connectivity index (χ2n) is 6.51. The van der Waals surface area contributed by atoms with Gasteiger partial charge in [-0.25, -0.2) is 22.7 Å². The summed E-state index contributed by atoms with van der Waals surface area (Å²) in [4.78, 5) is 8.16. The Balaban J connectivity index is 1.56. The SMILES string of the molecule is COc1cc(NC2CCN(S(=O)(=O)Cc3ccc(C)cc3)CC2)ncn1. The van der Waals surface area contributed by atoms with Crippen LogP contribution in [0.1, 0.15) is 24.0 Å². The topological polar surface area (TPSA) is 84.4 Å². The number of nitrogens with zero attached hydrogens (tertiary/aromatic N) is 3. The molecule has 0 amide bonds. The van der Waals surface area contributed by atoms with Gasteiger partial charge < -0.3 is 10.1 Å². The molecule has 0 unspecified atom stereocenters. The van der Waals surface area contributed by atoms with Gasteiger partial charge in [-0.05, 0) is 25.3 Å². The van der Waals surface area contributed by atoms with E-state index in [4.69, 9.17) is 4.74 Å².